The van der Waals surface area contributed by atoms with Crippen LogP contribution < -0.4 is 5.32 Å². The minimum absolute atomic E-state index is 0.0749. The lowest BCUT2D eigenvalue weighted by molar-refractivity contribution is 0.240. The summed E-state index contributed by atoms with van der Waals surface area (Å²) in [5.74, 6) is -0.461. The highest BCUT2D eigenvalue weighted by molar-refractivity contribution is 6.30. The first-order valence-corrected chi connectivity index (χ1v) is 5.86. The van der Waals surface area contributed by atoms with E-state index in [0.29, 0.717) is 5.56 Å². The summed E-state index contributed by atoms with van der Waals surface area (Å²) in [6.45, 7) is 1.50. The van der Waals surface area contributed by atoms with Crippen molar-refractivity contribution in [3.05, 3.63) is 34.6 Å². The lowest BCUT2D eigenvalue weighted by Gasteiger charge is -2.18. The van der Waals surface area contributed by atoms with Crippen LogP contribution in [0.5, 0.6) is 0 Å². The van der Waals surface area contributed by atoms with Crippen LogP contribution in [0, 0.1) is 5.82 Å². The lowest BCUT2D eigenvalue weighted by Crippen LogP contribution is -2.31. The van der Waals surface area contributed by atoms with E-state index in [9.17, 15) is 9.50 Å². The minimum atomic E-state index is -0.461. The van der Waals surface area contributed by atoms with Gasteiger partial charge in [-0.05, 0) is 31.8 Å². The van der Waals surface area contributed by atoms with Crippen LogP contribution in [0.25, 0.3) is 0 Å². The zero-order chi connectivity index (χ0) is 12.8. The summed E-state index contributed by atoms with van der Waals surface area (Å²) in [6, 6.07) is 4.31. The lowest BCUT2D eigenvalue weighted by atomic mass is 10.1. The topological polar surface area (TPSA) is 35.5 Å². The molecule has 0 aliphatic heterocycles. The predicted molar refractivity (Wildman–Crippen MR) is 67.8 cm³/mol. The van der Waals surface area contributed by atoms with Crippen molar-refractivity contribution in [2.24, 2.45) is 0 Å². The molecule has 0 saturated carbocycles. The van der Waals surface area contributed by atoms with Crippen molar-refractivity contribution in [1.82, 2.24) is 10.2 Å². The van der Waals surface area contributed by atoms with Crippen molar-refractivity contribution in [3.63, 3.8) is 0 Å². The Morgan fingerprint density at radius 1 is 1.47 bits per heavy atom. The van der Waals surface area contributed by atoms with E-state index >= 15 is 0 Å². The Kier molecular flexibility index (Phi) is 5.85. The van der Waals surface area contributed by atoms with E-state index in [2.05, 4.69) is 5.32 Å². The molecule has 0 amide bonds. The molecule has 1 atom stereocenters. The number of benzene rings is 1. The molecule has 0 saturated heterocycles. The Labute approximate surface area is 106 Å². The van der Waals surface area contributed by atoms with Crippen LogP contribution in [0.3, 0.4) is 0 Å². The SMILES string of the molecule is CN(C)CCNC(CO)c1ccc(Cl)c(F)c1. The molecule has 0 heterocycles. The Balaban J connectivity index is 2.62. The van der Waals surface area contributed by atoms with Gasteiger partial charge in [-0.3, -0.25) is 0 Å². The Morgan fingerprint density at radius 3 is 2.71 bits per heavy atom. The molecular weight excluding hydrogens is 243 g/mol. The third kappa shape index (κ3) is 4.60. The van der Waals surface area contributed by atoms with Gasteiger partial charge in [0.25, 0.3) is 0 Å². The summed E-state index contributed by atoms with van der Waals surface area (Å²) < 4.78 is 13.3. The van der Waals surface area contributed by atoms with E-state index in [1.807, 2.05) is 19.0 Å². The maximum absolute atomic E-state index is 13.3. The van der Waals surface area contributed by atoms with Crippen molar-refractivity contribution < 1.29 is 9.50 Å². The molecule has 0 bridgehead atoms. The number of rotatable bonds is 6. The van der Waals surface area contributed by atoms with Crippen LogP contribution in [0.4, 0.5) is 4.39 Å². The van der Waals surface area contributed by atoms with E-state index in [4.69, 9.17) is 11.6 Å². The van der Waals surface area contributed by atoms with Gasteiger partial charge >= 0.3 is 0 Å². The van der Waals surface area contributed by atoms with Gasteiger partial charge in [-0.2, -0.15) is 0 Å². The highest BCUT2D eigenvalue weighted by Crippen LogP contribution is 2.19. The first kappa shape index (κ1) is 14.4. The Morgan fingerprint density at radius 2 is 2.18 bits per heavy atom. The summed E-state index contributed by atoms with van der Waals surface area (Å²) in [6.07, 6.45) is 0. The van der Waals surface area contributed by atoms with Gasteiger partial charge in [-0.15, -0.1) is 0 Å². The molecule has 0 aliphatic rings. The number of nitrogens with one attached hydrogen (secondary N) is 1. The number of nitrogens with zero attached hydrogens (tertiary/aromatic N) is 1. The van der Waals surface area contributed by atoms with E-state index in [0.717, 1.165) is 13.1 Å². The third-order valence-corrected chi connectivity index (χ3v) is 2.78. The monoisotopic (exact) mass is 260 g/mol. The van der Waals surface area contributed by atoms with Crippen molar-refractivity contribution >= 4 is 11.6 Å². The zero-order valence-electron chi connectivity index (χ0n) is 10.1. The summed E-state index contributed by atoms with van der Waals surface area (Å²) in [4.78, 5) is 2.03. The van der Waals surface area contributed by atoms with Gasteiger partial charge in [-0.25, -0.2) is 4.39 Å². The molecule has 2 N–H and O–H groups in total. The fourth-order valence-electron chi connectivity index (χ4n) is 1.48. The van der Waals surface area contributed by atoms with Gasteiger partial charge in [0.2, 0.25) is 0 Å². The van der Waals surface area contributed by atoms with E-state index < -0.39 is 5.82 Å². The molecule has 17 heavy (non-hydrogen) atoms. The average molecular weight is 261 g/mol. The molecule has 1 unspecified atom stereocenters. The first-order chi connectivity index (χ1) is 8.04. The van der Waals surface area contributed by atoms with Gasteiger partial charge in [0.05, 0.1) is 17.7 Å². The molecular formula is C12H18ClFN2O. The predicted octanol–water partition coefficient (Wildman–Crippen LogP) is 1.66. The molecule has 96 valence electrons. The van der Waals surface area contributed by atoms with Crippen LogP contribution in [-0.4, -0.2) is 43.8 Å². The smallest absolute Gasteiger partial charge is 0.142 e. The van der Waals surface area contributed by atoms with Crippen molar-refractivity contribution in [2.75, 3.05) is 33.8 Å². The zero-order valence-corrected chi connectivity index (χ0v) is 10.8. The van der Waals surface area contributed by atoms with Crippen LogP contribution >= 0.6 is 11.6 Å². The quantitative estimate of drug-likeness (QED) is 0.817. The summed E-state index contributed by atoms with van der Waals surface area (Å²) in [7, 11) is 3.94. The summed E-state index contributed by atoms with van der Waals surface area (Å²) in [5, 5.41) is 12.5. The van der Waals surface area contributed by atoms with E-state index in [1.54, 1.807) is 6.07 Å². The fraction of sp³-hybridized carbons (Fsp3) is 0.500. The average Bonchev–Trinajstić information content (AvgIpc) is 2.28. The minimum Gasteiger partial charge on any atom is -0.394 e. The Hall–Kier alpha value is -0.680. The molecule has 0 radical (unpaired) electrons. The molecule has 0 aromatic heterocycles. The highest BCUT2D eigenvalue weighted by atomic mass is 35.5. The fourth-order valence-corrected chi connectivity index (χ4v) is 1.60. The number of hydrogen-bond acceptors (Lipinski definition) is 3. The first-order valence-electron chi connectivity index (χ1n) is 5.48. The standard InChI is InChI=1S/C12H18ClFN2O/c1-16(2)6-5-15-12(8-17)9-3-4-10(13)11(14)7-9/h3-4,7,12,15,17H,5-6,8H2,1-2H3. The van der Waals surface area contributed by atoms with Gasteiger partial charge in [0, 0.05) is 13.1 Å². The van der Waals surface area contributed by atoms with Gasteiger partial charge < -0.3 is 15.3 Å². The highest BCUT2D eigenvalue weighted by Gasteiger charge is 2.11. The second kappa shape index (κ2) is 6.91. The van der Waals surface area contributed by atoms with Crippen LogP contribution in [-0.2, 0) is 0 Å². The van der Waals surface area contributed by atoms with Gasteiger partial charge in [0.1, 0.15) is 5.82 Å². The van der Waals surface area contributed by atoms with Crippen molar-refractivity contribution in [2.45, 2.75) is 6.04 Å². The molecule has 1 aromatic carbocycles. The second-order valence-corrected chi connectivity index (χ2v) is 4.57. The van der Waals surface area contributed by atoms with Crippen molar-refractivity contribution in [3.8, 4) is 0 Å². The van der Waals surface area contributed by atoms with Gasteiger partial charge in [0.15, 0.2) is 0 Å². The Bertz CT molecular complexity index is 360. The van der Waals surface area contributed by atoms with Gasteiger partial charge in [-0.1, -0.05) is 17.7 Å². The largest absolute Gasteiger partial charge is 0.394 e. The molecule has 5 heteroatoms. The third-order valence-electron chi connectivity index (χ3n) is 2.48. The second-order valence-electron chi connectivity index (χ2n) is 4.17. The number of aliphatic hydroxyl groups is 1. The molecule has 0 fully saturated rings. The molecule has 3 nitrogen and oxygen atoms in total. The van der Waals surface area contributed by atoms with E-state index in [-0.39, 0.29) is 17.7 Å². The number of aliphatic hydroxyl groups excluding tert-OH is 1. The molecule has 1 aromatic rings. The van der Waals surface area contributed by atoms with Crippen LogP contribution in [0.2, 0.25) is 5.02 Å². The molecule has 0 aliphatic carbocycles. The number of hydrogen-bond donors (Lipinski definition) is 2. The summed E-state index contributed by atoms with van der Waals surface area (Å²) >= 11 is 5.61. The number of halogens is 2. The number of likely N-dealkylation sites (N-methyl/N-ethyl adjacent to an activating group) is 1. The maximum atomic E-state index is 13.3. The molecule has 1 rings (SSSR count). The van der Waals surface area contributed by atoms with Crippen LogP contribution in [0.1, 0.15) is 11.6 Å². The van der Waals surface area contributed by atoms with E-state index in [1.165, 1.54) is 12.1 Å². The van der Waals surface area contributed by atoms with Crippen LogP contribution in [0.15, 0.2) is 18.2 Å². The maximum Gasteiger partial charge on any atom is 0.142 e. The molecule has 0 spiro atoms. The normalized spacial score (nSPS) is 13.1. The summed E-state index contributed by atoms with van der Waals surface area (Å²) in [5.41, 5.74) is 0.702. The van der Waals surface area contributed by atoms with Crippen molar-refractivity contribution in [1.29, 1.82) is 0 Å².